The fourth-order valence-corrected chi connectivity index (χ4v) is 2.37. The van der Waals surface area contributed by atoms with E-state index in [0.29, 0.717) is 22.4 Å². The number of anilines is 2. The van der Waals surface area contributed by atoms with Gasteiger partial charge in [0.15, 0.2) is 0 Å². The lowest BCUT2D eigenvalue weighted by Crippen LogP contribution is -2.13. The predicted molar refractivity (Wildman–Crippen MR) is 87.9 cm³/mol. The summed E-state index contributed by atoms with van der Waals surface area (Å²) in [5, 5.41) is 4.56. The van der Waals surface area contributed by atoms with Crippen LogP contribution in [0.25, 0.3) is 0 Å². The van der Waals surface area contributed by atoms with Crippen molar-refractivity contribution in [2.45, 2.75) is 19.8 Å². The second-order valence-electron chi connectivity index (χ2n) is 4.47. The Morgan fingerprint density at radius 2 is 1.90 bits per heavy atom. The third-order valence-electron chi connectivity index (χ3n) is 2.95. The monoisotopic (exact) mass is 325 g/mol. The maximum Gasteiger partial charge on any atom is 0.145 e. The Labute approximate surface area is 133 Å². The fourth-order valence-electron chi connectivity index (χ4n) is 1.87. The molecule has 2 rings (SSSR count). The lowest BCUT2D eigenvalue weighted by molar-refractivity contribution is 0.924. The Morgan fingerprint density at radius 1 is 1.14 bits per heavy atom. The van der Waals surface area contributed by atoms with Gasteiger partial charge in [0.1, 0.15) is 17.5 Å². The first-order valence-electron chi connectivity index (χ1n) is 6.64. The van der Waals surface area contributed by atoms with Crippen molar-refractivity contribution >= 4 is 34.8 Å². The van der Waals surface area contributed by atoms with Crippen LogP contribution in [-0.2, 0) is 12.8 Å². The zero-order valence-corrected chi connectivity index (χ0v) is 13.2. The van der Waals surface area contributed by atoms with Crippen LogP contribution in [0.1, 0.15) is 18.3 Å². The van der Waals surface area contributed by atoms with Gasteiger partial charge >= 0.3 is 0 Å². The van der Waals surface area contributed by atoms with E-state index in [2.05, 4.69) is 20.7 Å². The molecule has 0 amide bonds. The zero-order valence-electron chi connectivity index (χ0n) is 11.7. The Bertz CT molecular complexity index is 596. The molecular weight excluding hydrogens is 309 g/mol. The summed E-state index contributed by atoms with van der Waals surface area (Å²) in [6.45, 7) is 2.69. The van der Waals surface area contributed by atoms with Crippen LogP contribution in [-0.4, -0.2) is 16.5 Å². The van der Waals surface area contributed by atoms with Gasteiger partial charge < -0.3 is 10.7 Å². The minimum atomic E-state index is 0.592. The smallest absolute Gasteiger partial charge is 0.145 e. The van der Waals surface area contributed by atoms with Gasteiger partial charge in [0, 0.05) is 29.1 Å². The largest absolute Gasteiger partial charge is 0.370 e. The average Bonchev–Trinajstić information content (AvgIpc) is 2.49. The summed E-state index contributed by atoms with van der Waals surface area (Å²) in [6.07, 6.45) is 1.51. The van der Waals surface area contributed by atoms with Crippen molar-refractivity contribution in [3.8, 4) is 0 Å². The fraction of sp³-hybridized carbons (Fsp3) is 0.286. The number of halogens is 2. The van der Waals surface area contributed by atoms with Crippen molar-refractivity contribution in [1.29, 1.82) is 0 Å². The highest BCUT2D eigenvalue weighted by molar-refractivity contribution is 6.35. The van der Waals surface area contributed by atoms with E-state index in [1.807, 2.05) is 19.1 Å². The topological polar surface area (TPSA) is 75.9 Å². The Kier molecular flexibility index (Phi) is 5.61. The Balaban J connectivity index is 1.99. The number of hydrogen-bond donors (Lipinski definition) is 3. The number of aryl methyl sites for hydroxylation is 1. The molecular formula is C14H17Cl2N5. The van der Waals surface area contributed by atoms with Crippen LogP contribution < -0.4 is 16.6 Å². The van der Waals surface area contributed by atoms with E-state index in [-0.39, 0.29) is 0 Å². The summed E-state index contributed by atoms with van der Waals surface area (Å²) in [6, 6.07) is 7.27. The molecule has 0 aliphatic heterocycles. The predicted octanol–water partition coefficient (Wildman–Crippen LogP) is 3.29. The Hall–Kier alpha value is -1.56. The Morgan fingerprint density at radius 3 is 2.57 bits per heavy atom. The maximum absolute atomic E-state index is 6.14. The van der Waals surface area contributed by atoms with Crippen molar-refractivity contribution < 1.29 is 0 Å². The number of hydrogen-bond acceptors (Lipinski definition) is 5. The van der Waals surface area contributed by atoms with Crippen LogP contribution in [0.3, 0.4) is 0 Å². The minimum absolute atomic E-state index is 0.592. The first-order chi connectivity index (χ1) is 10.1. The molecule has 0 bridgehead atoms. The lowest BCUT2D eigenvalue weighted by Gasteiger charge is -2.10. The second-order valence-corrected chi connectivity index (χ2v) is 5.31. The number of rotatable bonds is 6. The molecule has 0 unspecified atom stereocenters. The van der Waals surface area contributed by atoms with Gasteiger partial charge in [-0.25, -0.2) is 15.8 Å². The molecule has 1 heterocycles. The molecule has 0 radical (unpaired) electrons. The van der Waals surface area contributed by atoms with Crippen molar-refractivity contribution in [1.82, 2.24) is 9.97 Å². The van der Waals surface area contributed by atoms with Crippen molar-refractivity contribution in [2.24, 2.45) is 5.84 Å². The second kappa shape index (κ2) is 7.45. The number of benzene rings is 1. The van der Waals surface area contributed by atoms with Crippen molar-refractivity contribution in [3.63, 3.8) is 0 Å². The standard InChI is InChI=1S/C14H17Cl2N5/c1-2-12-19-13(8-14(20-12)21-17)18-6-5-9-3-4-10(15)7-11(9)16/h3-4,7-8H,2,5-6,17H2,1H3,(H2,18,19,20,21). The summed E-state index contributed by atoms with van der Waals surface area (Å²) in [5.74, 6) is 7.46. The van der Waals surface area contributed by atoms with Gasteiger partial charge in [0.05, 0.1) is 0 Å². The van der Waals surface area contributed by atoms with E-state index in [9.17, 15) is 0 Å². The molecule has 0 atom stereocenters. The van der Waals surface area contributed by atoms with Crippen LogP contribution in [0.15, 0.2) is 24.3 Å². The maximum atomic E-state index is 6.14. The van der Waals surface area contributed by atoms with Gasteiger partial charge in [0.2, 0.25) is 0 Å². The van der Waals surface area contributed by atoms with E-state index in [1.54, 1.807) is 12.1 Å². The molecule has 0 saturated carbocycles. The van der Waals surface area contributed by atoms with Gasteiger partial charge in [-0.05, 0) is 24.1 Å². The van der Waals surface area contributed by atoms with E-state index < -0.39 is 0 Å². The molecule has 1 aromatic carbocycles. The molecule has 0 aliphatic rings. The van der Waals surface area contributed by atoms with Crippen LogP contribution in [0.4, 0.5) is 11.6 Å². The molecule has 5 nitrogen and oxygen atoms in total. The molecule has 2 aromatic rings. The highest BCUT2D eigenvalue weighted by Crippen LogP contribution is 2.21. The third kappa shape index (κ3) is 4.46. The minimum Gasteiger partial charge on any atom is -0.370 e. The quantitative estimate of drug-likeness (QED) is 0.561. The summed E-state index contributed by atoms with van der Waals surface area (Å²) < 4.78 is 0. The highest BCUT2D eigenvalue weighted by atomic mass is 35.5. The van der Waals surface area contributed by atoms with Gasteiger partial charge in [-0.2, -0.15) is 0 Å². The average molecular weight is 326 g/mol. The van der Waals surface area contributed by atoms with Gasteiger partial charge in [-0.1, -0.05) is 36.2 Å². The normalized spacial score (nSPS) is 10.5. The molecule has 1 aromatic heterocycles. The number of aromatic nitrogens is 2. The molecule has 7 heteroatoms. The number of nitrogens with two attached hydrogens (primary N) is 1. The number of hydrazine groups is 1. The van der Waals surface area contributed by atoms with E-state index in [0.717, 1.165) is 30.0 Å². The summed E-state index contributed by atoms with van der Waals surface area (Å²) in [4.78, 5) is 8.63. The number of nitrogens with one attached hydrogen (secondary N) is 2. The molecule has 21 heavy (non-hydrogen) atoms. The summed E-state index contributed by atoms with van der Waals surface area (Å²) in [7, 11) is 0. The number of nitrogen functional groups attached to an aromatic ring is 1. The van der Waals surface area contributed by atoms with E-state index >= 15 is 0 Å². The highest BCUT2D eigenvalue weighted by Gasteiger charge is 2.04. The molecule has 4 N–H and O–H groups in total. The first-order valence-corrected chi connectivity index (χ1v) is 7.40. The summed E-state index contributed by atoms with van der Waals surface area (Å²) in [5.41, 5.74) is 3.58. The van der Waals surface area contributed by atoms with E-state index in [1.165, 1.54) is 0 Å². The molecule has 0 spiro atoms. The van der Waals surface area contributed by atoms with Crippen LogP contribution in [0, 0.1) is 0 Å². The van der Waals surface area contributed by atoms with Crippen molar-refractivity contribution in [3.05, 3.63) is 45.7 Å². The van der Waals surface area contributed by atoms with Crippen LogP contribution >= 0.6 is 23.2 Å². The molecule has 0 fully saturated rings. The van der Waals surface area contributed by atoms with Gasteiger partial charge in [0.25, 0.3) is 0 Å². The zero-order chi connectivity index (χ0) is 15.2. The number of nitrogens with zero attached hydrogens (tertiary/aromatic N) is 2. The first kappa shape index (κ1) is 15.8. The summed E-state index contributed by atoms with van der Waals surface area (Å²) >= 11 is 12.0. The van der Waals surface area contributed by atoms with Crippen LogP contribution in [0.2, 0.25) is 10.0 Å². The van der Waals surface area contributed by atoms with E-state index in [4.69, 9.17) is 29.0 Å². The third-order valence-corrected chi connectivity index (χ3v) is 3.54. The molecule has 0 aliphatic carbocycles. The lowest BCUT2D eigenvalue weighted by atomic mass is 10.1. The molecule has 112 valence electrons. The SMILES string of the molecule is CCc1nc(NN)cc(NCCc2ccc(Cl)cc2Cl)n1. The van der Waals surface area contributed by atoms with Gasteiger partial charge in [-0.15, -0.1) is 0 Å². The molecule has 0 saturated heterocycles. The van der Waals surface area contributed by atoms with Crippen molar-refractivity contribution in [2.75, 3.05) is 17.3 Å². The van der Waals surface area contributed by atoms with Crippen LogP contribution in [0.5, 0.6) is 0 Å². The van der Waals surface area contributed by atoms with Gasteiger partial charge in [-0.3, -0.25) is 0 Å².